The molecule has 0 saturated carbocycles. The van der Waals surface area contributed by atoms with Gasteiger partial charge in [0.15, 0.2) is 0 Å². The number of aryl methyl sites for hydroxylation is 1. The Morgan fingerprint density at radius 1 is 1.29 bits per heavy atom. The van der Waals surface area contributed by atoms with E-state index in [1.165, 1.54) is 11.6 Å². The molecule has 0 atom stereocenters. The van der Waals surface area contributed by atoms with Crippen LogP contribution in [0.5, 0.6) is 0 Å². The van der Waals surface area contributed by atoms with Gasteiger partial charge >= 0.3 is 0 Å². The highest BCUT2D eigenvalue weighted by Crippen LogP contribution is 2.00. The zero-order chi connectivity index (χ0) is 10.4. The normalized spacial score (nSPS) is 9.57. The van der Waals surface area contributed by atoms with Crippen molar-refractivity contribution in [2.24, 2.45) is 0 Å². The SMILES string of the molecule is C/C=C/C(=O)C#Cc1ccc(C)cc1. The second-order valence-corrected chi connectivity index (χ2v) is 2.98. The quantitative estimate of drug-likeness (QED) is 0.484. The molecule has 0 unspecified atom stereocenters. The summed E-state index contributed by atoms with van der Waals surface area (Å²) in [6.07, 6.45) is 3.15. The molecule has 1 aromatic carbocycles. The van der Waals surface area contributed by atoms with Gasteiger partial charge in [-0.15, -0.1) is 0 Å². The van der Waals surface area contributed by atoms with Crippen molar-refractivity contribution in [1.82, 2.24) is 0 Å². The fraction of sp³-hybridized carbons (Fsp3) is 0.154. The van der Waals surface area contributed by atoms with E-state index in [0.717, 1.165) is 5.56 Å². The van der Waals surface area contributed by atoms with Gasteiger partial charge in [0.1, 0.15) is 0 Å². The Morgan fingerprint density at radius 2 is 1.93 bits per heavy atom. The lowest BCUT2D eigenvalue weighted by molar-refractivity contribution is -0.109. The summed E-state index contributed by atoms with van der Waals surface area (Å²) in [6.45, 7) is 3.81. The summed E-state index contributed by atoms with van der Waals surface area (Å²) >= 11 is 0. The largest absolute Gasteiger partial charge is 0.280 e. The number of carbonyl (C=O) groups excluding carboxylic acids is 1. The monoisotopic (exact) mass is 184 g/mol. The number of carbonyl (C=O) groups is 1. The highest BCUT2D eigenvalue weighted by molar-refractivity contribution is 6.04. The first-order valence-electron chi connectivity index (χ1n) is 4.47. The first-order chi connectivity index (χ1) is 6.72. The lowest BCUT2D eigenvalue weighted by Gasteiger charge is -1.90. The van der Waals surface area contributed by atoms with Crippen molar-refractivity contribution in [1.29, 1.82) is 0 Å². The second-order valence-electron chi connectivity index (χ2n) is 2.98. The van der Waals surface area contributed by atoms with E-state index >= 15 is 0 Å². The summed E-state index contributed by atoms with van der Waals surface area (Å²) in [5, 5.41) is 0. The van der Waals surface area contributed by atoms with Crippen LogP contribution in [-0.4, -0.2) is 5.78 Å². The fourth-order valence-electron chi connectivity index (χ4n) is 0.964. The predicted octanol–water partition coefficient (Wildman–Crippen LogP) is 2.49. The average Bonchev–Trinajstić information content (AvgIpc) is 2.17. The molecule has 14 heavy (non-hydrogen) atoms. The standard InChI is InChI=1S/C13H12O/c1-3-4-13(14)10-9-12-7-5-11(2)6-8-12/h3-8H,1-2H3/b4-3+. The van der Waals surface area contributed by atoms with E-state index in [9.17, 15) is 4.79 Å². The molecule has 0 saturated heterocycles. The maximum Gasteiger partial charge on any atom is 0.228 e. The summed E-state index contributed by atoms with van der Waals surface area (Å²) in [5.41, 5.74) is 2.06. The lowest BCUT2D eigenvalue weighted by Crippen LogP contribution is -1.85. The molecule has 70 valence electrons. The van der Waals surface area contributed by atoms with E-state index in [4.69, 9.17) is 0 Å². The third kappa shape index (κ3) is 3.28. The van der Waals surface area contributed by atoms with Gasteiger partial charge in [0, 0.05) is 5.56 Å². The molecule has 0 aromatic heterocycles. The van der Waals surface area contributed by atoms with Gasteiger partial charge < -0.3 is 0 Å². The van der Waals surface area contributed by atoms with E-state index in [1.807, 2.05) is 31.2 Å². The van der Waals surface area contributed by atoms with Gasteiger partial charge in [-0.05, 0) is 38.0 Å². The van der Waals surface area contributed by atoms with Crippen molar-refractivity contribution in [3.63, 3.8) is 0 Å². The van der Waals surface area contributed by atoms with Gasteiger partial charge in [0.2, 0.25) is 5.78 Å². The molecule has 0 aliphatic rings. The summed E-state index contributed by atoms with van der Waals surface area (Å²) in [7, 11) is 0. The molecular weight excluding hydrogens is 172 g/mol. The number of hydrogen-bond donors (Lipinski definition) is 0. The lowest BCUT2D eigenvalue weighted by atomic mass is 10.1. The smallest absolute Gasteiger partial charge is 0.228 e. The second kappa shape index (κ2) is 5.04. The molecule has 1 rings (SSSR count). The minimum atomic E-state index is -0.159. The number of rotatable bonds is 1. The molecule has 1 aromatic rings. The van der Waals surface area contributed by atoms with Gasteiger partial charge in [0.25, 0.3) is 0 Å². The molecule has 1 heteroatoms. The van der Waals surface area contributed by atoms with Crippen molar-refractivity contribution in [2.75, 3.05) is 0 Å². The Kier molecular flexibility index (Phi) is 3.69. The molecule has 0 heterocycles. The Balaban J connectivity index is 2.78. The minimum Gasteiger partial charge on any atom is -0.280 e. The molecule has 0 radical (unpaired) electrons. The van der Waals surface area contributed by atoms with Gasteiger partial charge in [-0.25, -0.2) is 0 Å². The van der Waals surface area contributed by atoms with Gasteiger partial charge in [-0.2, -0.15) is 0 Å². The Hall–Kier alpha value is -1.81. The van der Waals surface area contributed by atoms with Crippen LogP contribution in [-0.2, 0) is 4.79 Å². The van der Waals surface area contributed by atoms with E-state index < -0.39 is 0 Å². The van der Waals surface area contributed by atoms with Crippen molar-refractivity contribution in [3.8, 4) is 11.8 Å². The van der Waals surface area contributed by atoms with Crippen LogP contribution < -0.4 is 0 Å². The molecule has 1 nitrogen and oxygen atoms in total. The summed E-state index contributed by atoms with van der Waals surface area (Å²) in [5.74, 6) is 5.19. The molecule has 0 bridgehead atoms. The summed E-state index contributed by atoms with van der Waals surface area (Å²) < 4.78 is 0. The van der Waals surface area contributed by atoms with Crippen LogP contribution in [0.25, 0.3) is 0 Å². The summed E-state index contributed by atoms with van der Waals surface area (Å²) in [4.78, 5) is 11.0. The summed E-state index contributed by atoms with van der Waals surface area (Å²) in [6, 6.07) is 7.77. The Morgan fingerprint density at radius 3 is 2.50 bits per heavy atom. The first-order valence-corrected chi connectivity index (χ1v) is 4.47. The van der Waals surface area contributed by atoms with Crippen molar-refractivity contribution >= 4 is 5.78 Å². The first kappa shape index (κ1) is 10.3. The molecule has 0 spiro atoms. The maximum absolute atomic E-state index is 11.0. The van der Waals surface area contributed by atoms with Crippen molar-refractivity contribution < 1.29 is 4.79 Å². The van der Waals surface area contributed by atoms with Crippen LogP contribution in [0.4, 0.5) is 0 Å². The molecule has 0 aliphatic carbocycles. The molecule has 0 amide bonds. The van der Waals surface area contributed by atoms with Crippen LogP contribution >= 0.6 is 0 Å². The van der Waals surface area contributed by atoms with Crippen LogP contribution in [0.15, 0.2) is 36.4 Å². The third-order valence-corrected chi connectivity index (χ3v) is 1.70. The topological polar surface area (TPSA) is 17.1 Å². The zero-order valence-electron chi connectivity index (χ0n) is 8.37. The highest BCUT2D eigenvalue weighted by Gasteiger charge is 1.88. The van der Waals surface area contributed by atoms with Gasteiger partial charge in [-0.3, -0.25) is 4.79 Å². The molecular formula is C13H12O. The number of hydrogen-bond acceptors (Lipinski definition) is 1. The number of benzene rings is 1. The fourth-order valence-corrected chi connectivity index (χ4v) is 0.964. The van der Waals surface area contributed by atoms with Crippen molar-refractivity contribution in [3.05, 3.63) is 47.5 Å². The maximum atomic E-state index is 11.0. The molecule has 0 fully saturated rings. The number of allylic oxidation sites excluding steroid dienone is 2. The van der Waals surface area contributed by atoms with Gasteiger partial charge in [-0.1, -0.05) is 29.7 Å². The van der Waals surface area contributed by atoms with Crippen LogP contribution in [0.2, 0.25) is 0 Å². The Bertz CT molecular complexity index is 399. The minimum absolute atomic E-state index is 0.159. The molecule has 0 N–H and O–H groups in total. The molecule has 0 aliphatic heterocycles. The van der Waals surface area contributed by atoms with Crippen LogP contribution in [0, 0.1) is 18.8 Å². The highest BCUT2D eigenvalue weighted by atomic mass is 16.1. The third-order valence-electron chi connectivity index (χ3n) is 1.70. The van der Waals surface area contributed by atoms with Gasteiger partial charge in [0.05, 0.1) is 0 Å². The van der Waals surface area contributed by atoms with Crippen LogP contribution in [0.3, 0.4) is 0 Å². The van der Waals surface area contributed by atoms with Crippen molar-refractivity contribution in [2.45, 2.75) is 13.8 Å². The van der Waals surface area contributed by atoms with Crippen LogP contribution in [0.1, 0.15) is 18.1 Å². The predicted molar refractivity (Wildman–Crippen MR) is 57.9 cm³/mol. The van der Waals surface area contributed by atoms with E-state index in [-0.39, 0.29) is 5.78 Å². The van der Waals surface area contributed by atoms with E-state index in [0.29, 0.717) is 0 Å². The Labute approximate surface area is 84.5 Å². The zero-order valence-corrected chi connectivity index (χ0v) is 8.37. The number of ketones is 1. The van der Waals surface area contributed by atoms with E-state index in [2.05, 4.69) is 11.8 Å². The van der Waals surface area contributed by atoms with E-state index in [1.54, 1.807) is 13.0 Å². The average molecular weight is 184 g/mol.